The van der Waals surface area contributed by atoms with Gasteiger partial charge >= 0.3 is 0 Å². The van der Waals surface area contributed by atoms with Gasteiger partial charge in [0.15, 0.2) is 0 Å². The number of methoxy groups -OCH3 is 1. The number of amides is 1. The first-order chi connectivity index (χ1) is 12.0. The first-order valence-corrected chi connectivity index (χ1v) is 9.08. The largest absolute Gasteiger partial charge is 0.497 e. The molecule has 0 fully saturated rings. The normalized spacial score (nSPS) is 16.6. The second kappa shape index (κ2) is 7.30. The Balaban J connectivity index is 1.83. The summed E-state index contributed by atoms with van der Waals surface area (Å²) in [5.41, 5.74) is 4.07. The SMILES string of the molecule is CCn1nc(C(C)C)cc1C(=O)N[C@@H]1CCCc2cc(OC)ccc21. The second-order valence-electron chi connectivity index (χ2n) is 6.91. The molecule has 0 aliphatic heterocycles. The van der Waals surface area contributed by atoms with Gasteiger partial charge < -0.3 is 10.1 Å². The van der Waals surface area contributed by atoms with Gasteiger partial charge in [0.25, 0.3) is 5.91 Å². The number of nitrogens with one attached hydrogen (secondary N) is 1. The van der Waals surface area contributed by atoms with Gasteiger partial charge in [-0.1, -0.05) is 19.9 Å². The molecule has 1 atom stereocenters. The average molecular weight is 341 g/mol. The van der Waals surface area contributed by atoms with Gasteiger partial charge in [-0.05, 0) is 61.4 Å². The number of aryl methyl sites for hydroxylation is 2. The van der Waals surface area contributed by atoms with Crippen molar-refractivity contribution in [3.05, 3.63) is 46.8 Å². The highest BCUT2D eigenvalue weighted by molar-refractivity contribution is 5.93. The Bertz CT molecular complexity index is 764. The summed E-state index contributed by atoms with van der Waals surface area (Å²) >= 11 is 0. The molecule has 0 saturated heterocycles. The lowest BCUT2D eigenvalue weighted by Crippen LogP contribution is -2.32. The van der Waals surface area contributed by atoms with Gasteiger partial charge in [0.05, 0.1) is 18.8 Å². The van der Waals surface area contributed by atoms with E-state index in [-0.39, 0.29) is 11.9 Å². The molecular formula is C20H27N3O2. The number of ether oxygens (including phenoxy) is 1. The van der Waals surface area contributed by atoms with Gasteiger partial charge in [-0.3, -0.25) is 9.48 Å². The van der Waals surface area contributed by atoms with Crippen molar-refractivity contribution in [1.29, 1.82) is 0 Å². The van der Waals surface area contributed by atoms with Crippen molar-refractivity contribution in [2.45, 2.75) is 58.5 Å². The maximum absolute atomic E-state index is 12.9. The van der Waals surface area contributed by atoms with Gasteiger partial charge in [-0.2, -0.15) is 5.10 Å². The summed E-state index contributed by atoms with van der Waals surface area (Å²) in [6.07, 6.45) is 3.06. The fourth-order valence-corrected chi connectivity index (χ4v) is 3.44. The number of fused-ring (bicyclic) bond motifs is 1. The molecule has 1 heterocycles. The van der Waals surface area contributed by atoms with Crippen molar-refractivity contribution in [3.63, 3.8) is 0 Å². The van der Waals surface area contributed by atoms with E-state index in [2.05, 4.69) is 36.4 Å². The molecule has 0 saturated carbocycles. The summed E-state index contributed by atoms with van der Waals surface area (Å²) in [6, 6.07) is 8.10. The van der Waals surface area contributed by atoms with Crippen LogP contribution in [0.4, 0.5) is 0 Å². The molecule has 0 spiro atoms. The molecule has 25 heavy (non-hydrogen) atoms. The Hall–Kier alpha value is -2.30. The van der Waals surface area contributed by atoms with E-state index in [0.717, 1.165) is 30.7 Å². The number of benzene rings is 1. The lowest BCUT2D eigenvalue weighted by molar-refractivity contribution is 0.0922. The zero-order chi connectivity index (χ0) is 18.0. The molecule has 134 valence electrons. The minimum Gasteiger partial charge on any atom is -0.497 e. The van der Waals surface area contributed by atoms with E-state index in [1.165, 1.54) is 11.1 Å². The van der Waals surface area contributed by atoms with Gasteiger partial charge in [0.2, 0.25) is 0 Å². The number of nitrogens with zero attached hydrogens (tertiary/aromatic N) is 2. The molecular weight excluding hydrogens is 314 g/mol. The molecule has 1 amide bonds. The molecule has 5 nitrogen and oxygen atoms in total. The predicted octanol–water partition coefficient (Wildman–Crippen LogP) is 3.84. The van der Waals surface area contributed by atoms with Crippen LogP contribution in [-0.2, 0) is 13.0 Å². The number of rotatable bonds is 5. The van der Waals surface area contributed by atoms with E-state index < -0.39 is 0 Å². The zero-order valence-electron chi connectivity index (χ0n) is 15.5. The number of carbonyl (C=O) groups excluding carboxylic acids is 1. The van der Waals surface area contributed by atoms with Crippen molar-refractivity contribution in [1.82, 2.24) is 15.1 Å². The van der Waals surface area contributed by atoms with Gasteiger partial charge in [0, 0.05) is 6.54 Å². The smallest absolute Gasteiger partial charge is 0.270 e. The van der Waals surface area contributed by atoms with E-state index in [1.807, 2.05) is 19.1 Å². The molecule has 0 bridgehead atoms. The molecule has 2 aromatic rings. The Morgan fingerprint density at radius 2 is 2.20 bits per heavy atom. The van der Waals surface area contributed by atoms with E-state index in [4.69, 9.17) is 4.74 Å². The third kappa shape index (κ3) is 3.55. The van der Waals surface area contributed by atoms with Crippen LogP contribution in [0.25, 0.3) is 0 Å². The molecule has 0 radical (unpaired) electrons. The molecule has 3 rings (SSSR count). The summed E-state index contributed by atoms with van der Waals surface area (Å²) in [7, 11) is 1.68. The van der Waals surface area contributed by atoms with E-state index in [0.29, 0.717) is 18.2 Å². The fraction of sp³-hybridized carbons (Fsp3) is 0.500. The number of aromatic nitrogens is 2. The van der Waals surface area contributed by atoms with Crippen LogP contribution >= 0.6 is 0 Å². The monoisotopic (exact) mass is 341 g/mol. The molecule has 0 unspecified atom stereocenters. The lowest BCUT2D eigenvalue weighted by Gasteiger charge is -2.26. The van der Waals surface area contributed by atoms with Crippen molar-refractivity contribution in [3.8, 4) is 5.75 Å². The summed E-state index contributed by atoms with van der Waals surface area (Å²) < 4.78 is 7.12. The average Bonchev–Trinajstić information content (AvgIpc) is 3.06. The highest BCUT2D eigenvalue weighted by Gasteiger charge is 2.24. The minimum atomic E-state index is -0.0464. The summed E-state index contributed by atoms with van der Waals surface area (Å²) in [4.78, 5) is 12.9. The number of carbonyl (C=O) groups is 1. The predicted molar refractivity (Wildman–Crippen MR) is 98.1 cm³/mol. The van der Waals surface area contributed by atoms with Crippen LogP contribution in [0.2, 0.25) is 0 Å². The fourth-order valence-electron chi connectivity index (χ4n) is 3.44. The van der Waals surface area contributed by atoms with Gasteiger partial charge in [0.1, 0.15) is 11.4 Å². The van der Waals surface area contributed by atoms with Crippen LogP contribution in [-0.4, -0.2) is 22.8 Å². The Kier molecular flexibility index (Phi) is 5.11. The number of hydrogen-bond donors (Lipinski definition) is 1. The quantitative estimate of drug-likeness (QED) is 0.899. The van der Waals surface area contributed by atoms with Crippen molar-refractivity contribution in [2.75, 3.05) is 7.11 Å². The van der Waals surface area contributed by atoms with Gasteiger partial charge in [-0.25, -0.2) is 0 Å². The summed E-state index contributed by atoms with van der Waals surface area (Å²) in [6.45, 7) is 6.88. The van der Waals surface area contributed by atoms with Crippen LogP contribution in [0.5, 0.6) is 5.75 Å². The van der Waals surface area contributed by atoms with Crippen molar-refractivity contribution < 1.29 is 9.53 Å². The molecule has 1 aromatic heterocycles. The minimum absolute atomic E-state index is 0.0462. The van der Waals surface area contributed by atoms with Gasteiger partial charge in [-0.15, -0.1) is 0 Å². The Morgan fingerprint density at radius 1 is 1.40 bits per heavy atom. The Labute approximate surface area is 149 Å². The first-order valence-electron chi connectivity index (χ1n) is 9.08. The molecule has 1 aliphatic carbocycles. The third-order valence-corrected chi connectivity index (χ3v) is 4.89. The van der Waals surface area contributed by atoms with Crippen molar-refractivity contribution in [2.24, 2.45) is 0 Å². The topological polar surface area (TPSA) is 56.2 Å². The zero-order valence-corrected chi connectivity index (χ0v) is 15.5. The van der Waals surface area contributed by atoms with Crippen LogP contribution < -0.4 is 10.1 Å². The molecule has 1 N–H and O–H groups in total. The molecule has 5 heteroatoms. The van der Waals surface area contributed by atoms with E-state index >= 15 is 0 Å². The van der Waals surface area contributed by atoms with Crippen LogP contribution in [0.3, 0.4) is 0 Å². The lowest BCUT2D eigenvalue weighted by atomic mass is 9.87. The third-order valence-electron chi connectivity index (χ3n) is 4.89. The highest BCUT2D eigenvalue weighted by Crippen LogP contribution is 2.32. The molecule has 1 aliphatic rings. The standard InChI is InChI=1S/C20H27N3O2/c1-5-23-19(12-18(22-23)13(2)3)20(24)21-17-8-6-7-14-11-15(25-4)9-10-16(14)17/h9-13,17H,5-8H2,1-4H3,(H,21,24)/t17-/m1/s1. The first kappa shape index (κ1) is 17.5. The van der Waals surface area contributed by atoms with Crippen molar-refractivity contribution >= 4 is 5.91 Å². The van der Waals surface area contributed by atoms with E-state index in [1.54, 1.807) is 11.8 Å². The summed E-state index contributed by atoms with van der Waals surface area (Å²) in [5, 5.41) is 7.76. The Morgan fingerprint density at radius 3 is 2.88 bits per heavy atom. The maximum atomic E-state index is 12.9. The van der Waals surface area contributed by atoms with E-state index in [9.17, 15) is 4.79 Å². The maximum Gasteiger partial charge on any atom is 0.270 e. The molecule has 1 aromatic carbocycles. The van der Waals surface area contributed by atoms with Crippen LogP contribution in [0, 0.1) is 0 Å². The van der Waals surface area contributed by atoms with Crippen LogP contribution in [0.1, 0.15) is 72.9 Å². The second-order valence-corrected chi connectivity index (χ2v) is 6.91. The van der Waals surface area contributed by atoms with Crippen LogP contribution in [0.15, 0.2) is 24.3 Å². The number of hydrogen-bond acceptors (Lipinski definition) is 3. The highest BCUT2D eigenvalue weighted by atomic mass is 16.5. The summed E-state index contributed by atoms with van der Waals surface area (Å²) in [5.74, 6) is 1.13.